The van der Waals surface area contributed by atoms with E-state index in [9.17, 15) is 14.0 Å². The van der Waals surface area contributed by atoms with Gasteiger partial charge in [0.2, 0.25) is 0 Å². The molecule has 2 aromatic carbocycles. The number of carbonyl (C=O) groups excluding carboxylic acids is 2. The zero-order valence-electron chi connectivity index (χ0n) is 21.5. The molecule has 3 N–H and O–H groups in total. The molecule has 1 saturated heterocycles. The SMILES string of the molecule is CC(C)(C)OC(=O)NC1[C@H]2CN(CCO/N=C3/C(=C4/C(=O)Nc5ccc(F)cc54)Nc4ccccc43)C[C@@H]12. The number of rotatable bonds is 5. The van der Waals surface area contributed by atoms with Crippen molar-refractivity contribution in [1.82, 2.24) is 10.2 Å². The molecule has 2 amide bonds. The minimum atomic E-state index is -0.509. The van der Waals surface area contributed by atoms with Crippen LogP contribution in [0.25, 0.3) is 5.57 Å². The Morgan fingerprint density at radius 2 is 1.84 bits per heavy atom. The monoisotopic (exact) mass is 519 g/mol. The zero-order chi connectivity index (χ0) is 26.6. The Kier molecular flexibility index (Phi) is 5.86. The number of ether oxygens (including phenoxy) is 1. The number of para-hydroxylation sites is 1. The van der Waals surface area contributed by atoms with E-state index in [0.29, 0.717) is 53.2 Å². The Bertz CT molecular complexity index is 1370. The van der Waals surface area contributed by atoms with Crippen LogP contribution in [0.1, 0.15) is 31.9 Å². The van der Waals surface area contributed by atoms with Crippen molar-refractivity contribution in [2.45, 2.75) is 32.4 Å². The summed E-state index contributed by atoms with van der Waals surface area (Å²) in [5.41, 5.74) is 3.49. The van der Waals surface area contributed by atoms with Crippen LogP contribution in [-0.2, 0) is 14.4 Å². The third-order valence-corrected chi connectivity index (χ3v) is 7.26. The van der Waals surface area contributed by atoms with Crippen molar-refractivity contribution in [3.05, 3.63) is 65.1 Å². The van der Waals surface area contributed by atoms with Crippen molar-refractivity contribution in [2.75, 3.05) is 36.9 Å². The van der Waals surface area contributed by atoms with E-state index in [4.69, 9.17) is 9.57 Å². The summed E-state index contributed by atoms with van der Waals surface area (Å²) in [5.74, 6) is 0.116. The average molecular weight is 520 g/mol. The molecule has 3 heterocycles. The molecule has 0 aromatic heterocycles. The molecule has 9 nitrogen and oxygen atoms in total. The number of hydrogen-bond donors (Lipinski definition) is 3. The minimum Gasteiger partial charge on any atom is -0.444 e. The molecule has 6 rings (SSSR count). The second-order valence-electron chi connectivity index (χ2n) is 11.1. The molecule has 198 valence electrons. The molecule has 2 fully saturated rings. The van der Waals surface area contributed by atoms with Gasteiger partial charge in [-0.15, -0.1) is 0 Å². The second-order valence-corrected chi connectivity index (χ2v) is 11.1. The van der Waals surface area contributed by atoms with E-state index in [-0.39, 0.29) is 18.0 Å². The molecule has 3 aliphatic heterocycles. The van der Waals surface area contributed by atoms with Gasteiger partial charge in [0, 0.05) is 48.2 Å². The Balaban J connectivity index is 1.10. The Labute approximate surface area is 220 Å². The van der Waals surface area contributed by atoms with Crippen LogP contribution in [0.3, 0.4) is 0 Å². The summed E-state index contributed by atoms with van der Waals surface area (Å²) in [4.78, 5) is 32.9. The number of anilines is 2. The second kappa shape index (κ2) is 9.13. The highest BCUT2D eigenvalue weighted by Gasteiger charge is 2.56. The molecule has 1 aliphatic carbocycles. The van der Waals surface area contributed by atoms with Gasteiger partial charge in [0.05, 0.1) is 11.3 Å². The van der Waals surface area contributed by atoms with E-state index in [0.717, 1.165) is 24.3 Å². The van der Waals surface area contributed by atoms with E-state index in [2.05, 4.69) is 26.0 Å². The fourth-order valence-electron chi connectivity index (χ4n) is 5.52. The van der Waals surface area contributed by atoms with Gasteiger partial charge >= 0.3 is 6.09 Å². The Hall–Kier alpha value is -3.92. The number of amides is 2. The highest BCUT2D eigenvalue weighted by molar-refractivity contribution is 6.39. The Morgan fingerprint density at radius 1 is 1.11 bits per heavy atom. The van der Waals surface area contributed by atoms with Gasteiger partial charge in [-0.25, -0.2) is 9.18 Å². The van der Waals surface area contributed by atoms with Crippen LogP contribution in [-0.4, -0.2) is 60.5 Å². The van der Waals surface area contributed by atoms with Crippen LogP contribution >= 0.6 is 0 Å². The fraction of sp³-hybridized carbons (Fsp3) is 0.393. The number of fused-ring (bicyclic) bond motifs is 3. The normalized spacial score (nSPS) is 26.4. The zero-order valence-corrected chi connectivity index (χ0v) is 21.5. The number of nitrogens with one attached hydrogen (secondary N) is 3. The van der Waals surface area contributed by atoms with Crippen LogP contribution in [0, 0.1) is 17.7 Å². The summed E-state index contributed by atoms with van der Waals surface area (Å²) < 4.78 is 19.4. The fourth-order valence-corrected chi connectivity index (χ4v) is 5.52. The number of allylic oxidation sites excluding steroid dienone is 1. The highest BCUT2D eigenvalue weighted by Crippen LogP contribution is 2.45. The van der Waals surface area contributed by atoms with Crippen LogP contribution in [0.4, 0.5) is 20.6 Å². The van der Waals surface area contributed by atoms with Gasteiger partial charge in [0.1, 0.15) is 23.7 Å². The van der Waals surface area contributed by atoms with Crippen molar-refractivity contribution in [3.63, 3.8) is 0 Å². The average Bonchev–Trinajstić information content (AvgIpc) is 3.19. The summed E-state index contributed by atoms with van der Waals surface area (Å²) >= 11 is 0. The summed E-state index contributed by atoms with van der Waals surface area (Å²) in [7, 11) is 0. The Morgan fingerprint density at radius 3 is 2.61 bits per heavy atom. The van der Waals surface area contributed by atoms with Gasteiger partial charge in [-0.3, -0.25) is 9.69 Å². The number of halogens is 1. The van der Waals surface area contributed by atoms with Crippen molar-refractivity contribution >= 4 is 34.7 Å². The summed E-state index contributed by atoms with van der Waals surface area (Å²) in [6.45, 7) is 8.39. The van der Waals surface area contributed by atoms with Crippen LogP contribution in [0.15, 0.2) is 53.3 Å². The number of likely N-dealkylation sites (tertiary alicyclic amines) is 1. The van der Waals surface area contributed by atoms with E-state index < -0.39 is 11.4 Å². The predicted molar refractivity (Wildman–Crippen MR) is 141 cm³/mol. The molecular weight excluding hydrogens is 489 g/mol. The maximum Gasteiger partial charge on any atom is 0.407 e. The van der Waals surface area contributed by atoms with Crippen molar-refractivity contribution < 1.29 is 23.6 Å². The minimum absolute atomic E-state index is 0.169. The number of piperidine rings is 1. The van der Waals surface area contributed by atoms with Gasteiger partial charge in [-0.2, -0.15) is 0 Å². The van der Waals surface area contributed by atoms with Crippen LogP contribution in [0.5, 0.6) is 0 Å². The summed E-state index contributed by atoms with van der Waals surface area (Å²) in [6, 6.07) is 12.0. The molecule has 38 heavy (non-hydrogen) atoms. The largest absolute Gasteiger partial charge is 0.444 e. The van der Waals surface area contributed by atoms with Gasteiger partial charge in [0.25, 0.3) is 5.91 Å². The lowest BCUT2D eigenvalue weighted by Crippen LogP contribution is -2.38. The van der Waals surface area contributed by atoms with Gasteiger partial charge in [-0.05, 0) is 56.9 Å². The van der Waals surface area contributed by atoms with Crippen molar-refractivity contribution in [1.29, 1.82) is 0 Å². The molecule has 0 radical (unpaired) electrons. The lowest BCUT2D eigenvalue weighted by Gasteiger charge is -2.22. The maximum atomic E-state index is 14.0. The molecule has 4 aliphatic rings. The molecular formula is C28H30FN5O4. The maximum absolute atomic E-state index is 14.0. The van der Waals surface area contributed by atoms with Gasteiger partial charge < -0.3 is 25.5 Å². The van der Waals surface area contributed by atoms with E-state index in [1.54, 1.807) is 6.07 Å². The third-order valence-electron chi connectivity index (χ3n) is 7.26. The molecule has 0 spiro atoms. The molecule has 1 unspecified atom stereocenters. The summed E-state index contributed by atoms with van der Waals surface area (Å²) in [6.07, 6.45) is -0.362. The van der Waals surface area contributed by atoms with E-state index in [1.807, 2.05) is 45.0 Å². The number of hydrogen-bond acceptors (Lipinski definition) is 7. The molecule has 2 aromatic rings. The van der Waals surface area contributed by atoms with E-state index >= 15 is 0 Å². The van der Waals surface area contributed by atoms with Gasteiger partial charge in [0.15, 0.2) is 0 Å². The molecule has 3 atom stereocenters. The van der Waals surface area contributed by atoms with Crippen molar-refractivity contribution in [3.8, 4) is 0 Å². The first-order valence-electron chi connectivity index (χ1n) is 12.8. The predicted octanol–water partition coefficient (Wildman–Crippen LogP) is 3.79. The molecule has 1 saturated carbocycles. The van der Waals surface area contributed by atoms with Crippen molar-refractivity contribution in [2.24, 2.45) is 17.0 Å². The standard InChI is InChI=1S/C28H30FN5O4/c1-28(2,3)38-27(36)32-23-18-13-34(14-19(18)23)10-11-37-33-24-16-6-4-5-7-20(16)30-25(24)22-17-12-15(29)8-9-21(17)31-26(22)35/h4-9,12,18-19,23,30H,10-11,13-14H2,1-3H3,(H,31,35)(H,32,36)/b25-22-,33-24+/t18-,19+,23?. The van der Waals surface area contributed by atoms with E-state index in [1.165, 1.54) is 12.1 Å². The number of nitrogens with zero attached hydrogens (tertiary/aromatic N) is 2. The van der Waals surface area contributed by atoms with Crippen LogP contribution in [0.2, 0.25) is 0 Å². The molecule has 10 heteroatoms. The number of benzene rings is 2. The first kappa shape index (κ1) is 24.4. The lowest BCUT2D eigenvalue weighted by molar-refractivity contribution is -0.110. The summed E-state index contributed by atoms with van der Waals surface area (Å²) in [5, 5.41) is 13.5. The van der Waals surface area contributed by atoms with Crippen LogP contribution < -0.4 is 16.0 Å². The number of alkyl carbamates (subject to hydrolysis) is 1. The number of carbonyl (C=O) groups is 2. The highest BCUT2D eigenvalue weighted by atomic mass is 19.1. The third kappa shape index (κ3) is 4.60. The topological polar surface area (TPSA) is 104 Å². The number of oxime groups is 1. The molecule has 0 bridgehead atoms. The van der Waals surface area contributed by atoms with Gasteiger partial charge in [-0.1, -0.05) is 23.4 Å². The quantitative estimate of drug-likeness (QED) is 0.316. The smallest absolute Gasteiger partial charge is 0.407 e. The first-order valence-corrected chi connectivity index (χ1v) is 12.8. The lowest BCUT2D eigenvalue weighted by atomic mass is 10.0. The first-order chi connectivity index (χ1) is 18.2.